The Bertz CT molecular complexity index is 1270. The first-order valence-electron chi connectivity index (χ1n) is 11.7. The fourth-order valence-corrected chi connectivity index (χ4v) is 5.37. The summed E-state index contributed by atoms with van der Waals surface area (Å²) < 4.78 is 11.6. The lowest BCUT2D eigenvalue weighted by atomic mass is 9.85. The van der Waals surface area contributed by atoms with Gasteiger partial charge in [0.05, 0.1) is 30.1 Å². The van der Waals surface area contributed by atoms with Crippen LogP contribution >= 0.6 is 0 Å². The van der Waals surface area contributed by atoms with Gasteiger partial charge in [-0.1, -0.05) is 18.2 Å². The number of amides is 2. The average molecular weight is 488 g/mol. The second-order valence-electron chi connectivity index (χ2n) is 9.15. The van der Waals surface area contributed by atoms with Crippen molar-refractivity contribution < 1.29 is 24.0 Å². The second-order valence-corrected chi connectivity index (χ2v) is 9.15. The molecule has 0 spiro atoms. The van der Waals surface area contributed by atoms with Gasteiger partial charge in [-0.15, -0.1) is 6.58 Å². The van der Waals surface area contributed by atoms with Crippen LogP contribution < -0.4 is 9.47 Å². The van der Waals surface area contributed by atoms with Crippen molar-refractivity contribution in [1.82, 2.24) is 5.01 Å². The number of ether oxygens (including phenoxy) is 2. The molecule has 9 heteroatoms. The number of methoxy groups -OCH3 is 1. The molecule has 1 aliphatic heterocycles. The van der Waals surface area contributed by atoms with Gasteiger partial charge in [0.2, 0.25) is 0 Å². The number of allylic oxidation sites excluding steroid dienone is 3. The molecule has 5 rings (SSSR count). The highest BCUT2D eigenvalue weighted by molar-refractivity contribution is 6.06. The highest BCUT2D eigenvalue weighted by Crippen LogP contribution is 2.52. The summed E-state index contributed by atoms with van der Waals surface area (Å²) in [5.74, 6) is 0.149. The zero-order valence-electron chi connectivity index (χ0n) is 19.7. The SMILES string of the molecule is C=CCc1cc(C=NN2C(=O)C3C4C=CC(C4)C3C2=O)cc(OC)c1OCc1ccc([N+](=O)[O-])cc1. The van der Waals surface area contributed by atoms with Crippen LogP contribution in [0.25, 0.3) is 0 Å². The number of non-ortho nitro benzene ring substituents is 1. The Hall–Kier alpha value is -4.27. The Morgan fingerprint density at radius 3 is 2.39 bits per heavy atom. The van der Waals surface area contributed by atoms with Gasteiger partial charge in [0.25, 0.3) is 17.5 Å². The van der Waals surface area contributed by atoms with E-state index in [1.165, 1.54) is 25.5 Å². The molecule has 1 saturated carbocycles. The van der Waals surface area contributed by atoms with Crippen molar-refractivity contribution in [2.75, 3.05) is 7.11 Å². The van der Waals surface area contributed by atoms with Gasteiger partial charge in [0, 0.05) is 17.7 Å². The summed E-state index contributed by atoms with van der Waals surface area (Å²) in [5.41, 5.74) is 2.20. The number of hydrogen-bond donors (Lipinski definition) is 0. The third-order valence-electron chi connectivity index (χ3n) is 7.04. The van der Waals surface area contributed by atoms with Crippen LogP contribution in [0.15, 0.2) is 66.3 Å². The topological polar surface area (TPSA) is 111 Å². The highest BCUT2D eigenvalue weighted by Gasteiger charge is 2.59. The molecule has 0 aromatic heterocycles. The summed E-state index contributed by atoms with van der Waals surface area (Å²) in [7, 11) is 1.52. The molecule has 2 amide bonds. The van der Waals surface area contributed by atoms with Crippen molar-refractivity contribution in [1.29, 1.82) is 0 Å². The first-order chi connectivity index (χ1) is 17.4. The molecular weight excluding hydrogens is 462 g/mol. The predicted molar refractivity (Wildman–Crippen MR) is 131 cm³/mol. The van der Waals surface area contributed by atoms with E-state index < -0.39 is 4.92 Å². The molecule has 3 aliphatic rings. The number of nitro groups is 1. The number of nitro benzene ring substituents is 1. The molecule has 0 N–H and O–H groups in total. The van der Waals surface area contributed by atoms with Crippen molar-refractivity contribution in [3.05, 3.63) is 88.0 Å². The van der Waals surface area contributed by atoms with E-state index in [1.54, 1.807) is 24.3 Å². The van der Waals surface area contributed by atoms with Crippen molar-refractivity contribution in [3.8, 4) is 11.5 Å². The monoisotopic (exact) mass is 487 g/mol. The van der Waals surface area contributed by atoms with Gasteiger partial charge >= 0.3 is 0 Å². The van der Waals surface area contributed by atoms with Gasteiger partial charge in [-0.2, -0.15) is 10.1 Å². The average Bonchev–Trinajstić information content (AvgIpc) is 3.56. The van der Waals surface area contributed by atoms with Gasteiger partial charge in [0.1, 0.15) is 6.61 Å². The zero-order valence-corrected chi connectivity index (χ0v) is 19.7. The van der Waals surface area contributed by atoms with E-state index in [4.69, 9.17) is 9.47 Å². The first kappa shape index (κ1) is 23.5. The van der Waals surface area contributed by atoms with Crippen LogP contribution in [0.2, 0.25) is 0 Å². The number of fused-ring (bicyclic) bond motifs is 5. The van der Waals surface area contributed by atoms with Crippen LogP contribution in [0.3, 0.4) is 0 Å². The van der Waals surface area contributed by atoms with Gasteiger partial charge < -0.3 is 9.47 Å². The maximum absolute atomic E-state index is 12.9. The largest absolute Gasteiger partial charge is 0.493 e. The maximum Gasteiger partial charge on any atom is 0.269 e. The van der Waals surface area contributed by atoms with Gasteiger partial charge in [0.15, 0.2) is 11.5 Å². The third kappa shape index (κ3) is 4.06. The standard InChI is InChI=1S/C27H25N3O6/c1-3-4-20-11-17(14-28-29-26(31)23-18-7-8-19(13-18)24(23)27(29)32)12-22(35-2)25(20)36-15-16-5-9-21(10-6-16)30(33)34/h3,5-12,14,18-19,23-24H,1,4,13,15H2,2H3. The van der Waals surface area contributed by atoms with E-state index in [0.717, 1.165) is 22.6 Å². The summed E-state index contributed by atoms with van der Waals surface area (Å²) in [4.78, 5) is 36.2. The molecule has 36 heavy (non-hydrogen) atoms. The Balaban J connectivity index is 1.36. The predicted octanol–water partition coefficient (Wildman–Crippen LogP) is 4.05. The normalized spacial score (nSPS) is 24.0. The quantitative estimate of drug-likeness (QED) is 0.173. The Kier molecular flexibility index (Phi) is 6.13. The number of hydrazone groups is 1. The van der Waals surface area contributed by atoms with E-state index in [1.807, 2.05) is 18.2 Å². The van der Waals surface area contributed by atoms with Crippen LogP contribution in [-0.2, 0) is 22.6 Å². The third-order valence-corrected chi connectivity index (χ3v) is 7.04. The highest BCUT2D eigenvalue weighted by atomic mass is 16.6. The van der Waals surface area contributed by atoms with E-state index >= 15 is 0 Å². The Morgan fingerprint density at radius 2 is 1.81 bits per heavy atom. The van der Waals surface area contributed by atoms with Crippen molar-refractivity contribution in [2.24, 2.45) is 28.8 Å². The van der Waals surface area contributed by atoms with Crippen molar-refractivity contribution in [2.45, 2.75) is 19.4 Å². The lowest BCUT2D eigenvalue weighted by molar-refractivity contribution is -0.384. The lowest BCUT2D eigenvalue weighted by Gasteiger charge is -2.16. The molecule has 2 aliphatic carbocycles. The maximum atomic E-state index is 12.9. The van der Waals surface area contributed by atoms with Crippen LogP contribution in [0.4, 0.5) is 5.69 Å². The molecule has 2 bridgehead atoms. The van der Waals surface area contributed by atoms with Gasteiger partial charge in [-0.3, -0.25) is 19.7 Å². The number of nitrogens with zero attached hydrogens (tertiary/aromatic N) is 3. The molecule has 2 aromatic rings. The molecule has 4 unspecified atom stereocenters. The summed E-state index contributed by atoms with van der Waals surface area (Å²) in [6.07, 6.45) is 8.66. The second kappa shape index (κ2) is 9.41. The number of imide groups is 1. The van der Waals surface area contributed by atoms with Crippen molar-refractivity contribution in [3.63, 3.8) is 0 Å². The molecule has 2 fully saturated rings. The minimum atomic E-state index is -0.451. The fourth-order valence-electron chi connectivity index (χ4n) is 5.37. The molecule has 0 radical (unpaired) electrons. The Morgan fingerprint density at radius 1 is 1.14 bits per heavy atom. The zero-order chi connectivity index (χ0) is 25.4. The van der Waals surface area contributed by atoms with E-state index in [2.05, 4.69) is 11.7 Å². The number of hydrogen-bond acceptors (Lipinski definition) is 7. The Labute approximate surface area is 207 Å². The minimum Gasteiger partial charge on any atom is -0.493 e. The molecular formula is C27H25N3O6. The van der Waals surface area contributed by atoms with E-state index in [9.17, 15) is 19.7 Å². The number of carbonyl (C=O) groups is 2. The first-order valence-corrected chi connectivity index (χ1v) is 11.7. The number of benzene rings is 2. The minimum absolute atomic E-state index is 0.00910. The summed E-state index contributed by atoms with van der Waals surface area (Å²) in [5, 5.41) is 16.1. The number of carbonyl (C=O) groups excluding carboxylic acids is 2. The lowest BCUT2D eigenvalue weighted by Crippen LogP contribution is -2.28. The molecule has 9 nitrogen and oxygen atoms in total. The number of rotatable bonds is 9. The molecule has 2 aromatic carbocycles. The molecule has 1 saturated heterocycles. The fraction of sp³-hybridized carbons (Fsp3) is 0.296. The van der Waals surface area contributed by atoms with Crippen LogP contribution in [0.5, 0.6) is 11.5 Å². The molecule has 184 valence electrons. The van der Waals surface area contributed by atoms with Crippen LogP contribution in [0, 0.1) is 33.8 Å². The van der Waals surface area contributed by atoms with E-state index in [0.29, 0.717) is 23.5 Å². The van der Waals surface area contributed by atoms with E-state index in [-0.39, 0.29) is 47.8 Å². The van der Waals surface area contributed by atoms with Gasteiger partial charge in [-0.05, 0) is 60.1 Å². The molecule has 1 heterocycles. The molecule has 4 atom stereocenters. The van der Waals surface area contributed by atoms with Gasteiger partial charge in [-0.25, -0.2) is 0 Å². The van der Waals surface area contributed by atoms with Crippen LogP contribution in [0.1, 0.15) is 23.1 Å². The van der Waals surface area contributed by atoms with Crippen molar-refractivity contribution >= 4 is 23.7 Å². The summed E-state index contributed by atoms with van der Waals surface area (Å²) in [6.45, 7) is 3.99. The summed E-state index contributed by atoms with van der Waals surface area (Å²) in [6, 6.07) is 9.70. The van der Waals surface area contributed by atoms with Crippen LogP contribution in [-0.4, -0.2) is 35.1 Å². The summed E-state index contributed by atoms with van der Waals surface area (Å²) >= 11 is 0. The smallest absolute Gasteiger partial charge is 0.269 e.